The number of nitrogens with one attached hydrogen (secondary N) is 1. The quantitative estimate of drug-likeness (QED) is 0.779. The zero-order valence-electron chi connectivity index (χ0n) is 9.83. The highest BCUT2D eigenvalue weighted by atomic mass is 16.5. The van der Waals surface area contributed by atoms with E-state index in [-0.39, 0.29) is 6.10 Å². The first-order valence-electron chi connectivity index (χ1n) is 6.29. The Morgan fingerprint density at radius 3 is 3.12 bits per heavy atom. The van der Waals surface area contributed by atoms with Crippen LogP contribution in [0.3, 0.4) is 0 Å². The van der Waals surface area contributed by atoms with Crippen LogP contribution in [0.2, 0.25) is 0 Å². The molecule has 1 aromatic carbocycles. The maximum Gasteiger partial charge on any atom is 0.0983 e. The molecule has 0 saturated carbocycles. The average Bonchev–Trinajstić information content (AvgIpc) is 2.82. The highest BCUT2D eigenvalue weighted by Crippen LogP contribution is 2.34. The van der Waals surface area contributed by atoms with E-state index in [4.69, 9.17) is 4.74 Å². The lowest BCUT2D eigenvalue weighted by Crippen LogP contribution is -2.34. The fourth-order valence-electron chi connectivity index (χ4n) is 3.03. The largest absolute Gasteiger partial charge is 0.372 e. The summed E-state index contributed by atoms with van der Waals surface area (Å²) in [6.45, 7) is 4.22. The fourth-order valence-corrected chi connectivity index (χ4v) is 3.03. The summed E-state index contributed by atoms with van der Waals surface area (Å²) in [6.07, 6.45) is 3.89. The Kier molecular flexibility index (Phi) is 2.70. The van der Waals surface area contributed by atoms with Gasteiger partial charge in [-0.2, -0.15) is 0 Å². The van der Waals surface area contributed by atoms with Gasteiger partial charge in [-0.05, 0) is 49.4 Å². The Balaban J connectivity index is 1.98. The van der Waals surface area contributed by atoms with Crippen molar-refractivity contribution in [1.29, 1.82) is 0 Å². The molecule has 1 aromatic rings. The van der Waals surface area contributed by atoms with Crippen LogP contribution in [0.15, 0.2) is 18.2 Å². The van der Waals surface area contributed by atoms with Crippen molar-refractivity contribution in [2.45, 2.75) is 38.3 Å². The zero-order valence-corrected chi connectivity index (χ0v) is 9.83. The first-order chi connectivity index (χ1) is 7.86. The van der Waals surface area contributed by atoms with E-state index in [0.29, 0.717) is 6.04 Å². The molecule has 1 saturated heterocycles. The Bertz CT molecular complexity index is 382. The third-order valence-electron chi connectivity index (χ3n) is 3.83. The molecule has 0 amide bonds. The van der Waals surface area contributed by atoms with Gasteiger partial charge in [-0.3, -0.25) is 0 Å². The minimum Gasteiger partial charge on any atom is -0.372 e. The van der Waals surface area contributed by atoms with Crippen LogP contribution in [-0.4, -0.2) is 19.2 Å². The van der Waals surface area contributed by atoms with Gasteiger partial charge < -0.3 is 10.1 Å². The van der Waals surface area contributed by atoms with Crippen molar-refractivity contribution < 1.29 is 4.74 Å². The van der Waals surface area contributed by atoms with Crippen molar-refractivity contribution in [3.8, 4) is 0 Å². The summed E-state index contributed by atoms with van der Waals surface area (Å²) < 4.78 is 6.01. The number of rotatable bonds is 1. The molecule has 2 heterocycles. The highest BCUT2D eigenvalue weighted by molar-refractivity contribution is 5.38. The van der Waals surface area contributed by atoms with E-state index in [1.807, 2.05) is 0 Å². The molecule has 1 fully saturated rings. The summed E-state index contributed by atoms with van der Waals surface area (Å²) in [5.41, 5.74) is 4.33. The number of aryl methyl sites for hydroxylation is 1. The van der Waals surface area contributed by atoms with Gasteiger partial charge in [0.25, 0.3) is 0 Å². The average molecular weight is 217 g/mol. The van der Waals surface area contributed by atoms with E-state index in [9.17, 15) is 0 Å². The van der Waals surface area contributed by atoms with Crippen LogP contribution in [0.1, 0.15) is 35.6 Å². The maximum atomic E-state index is 6.01. The standard InChI is InChI=1S/C14H19NO/c1-10-4-2-5-11-7-9-16-14(13(10)11)12-6-3-8-15-12/h2,4-5,12,14-15H,3,6-9H2,1H3/t12-,14-/m1/s1. The number of hydrogen-bond acceptors (Lipinski definition) is 2. The Labute approximate surface area is 97.0 Å². The number of benzene rings is 1. The summed E-state index contributed by atoms with van der Waals surface area (Å²) in [6, 6.07) is 7.15. The van der Waals surface area contributed by atoms with Gasteiger partial charge in [-0.1, -0.05) is 18.2 Å². The topological polar surface area (TPSA) is 21.3 Å². The van der Waals surface area contributed by atoms with E-state index >= 15 is 0 Å². The van der Waals surface area contributed by atoms with E-state index in [1.165, 1.54) is 29.5 Å². The third-order valence-corrected chi connectivity index (χ3v) is 3.83. The molecule has 86 valence electrons. The Morgan fingerprint density at radius 1 is 1.38 bits per heavy atom. The van der Waals surface area contributed by atoms with E-state index < -0.39 is 0 Å². The van der Waals surface area contributed by atoms with Gasteiger partial charge in [-0.25, -0.2) is 0 Å². The first kappa shape index (κ1) is 10.3. The second-order valence-corrected chi connectivity index (χ2v) is 4.89. The lowest BCUT2D eigenvalue weighted by molar-refractivity contribution is 0.0195. The lowest BCUT2D eigenvalue weighted by atomic mass is 9.89. The Morgan fingerprint density at radius 2 is 2.31 bits per heavy atom. The van der Waals surface area contributed by atoms with Crippen molar-refractivity contribution in [2.75, 3.05) is 13.2 Å². The molecule has 1 N–H and O–H groups in total. The fraction of sp³-hybridized carbons (Fsp3) is 0.571. The summed E-state index contributed by atoms with van der Waals surface area (Å²) in [4.78, 5) is 0. The van der Waals surface area contributed by atoms with Crippen molar-refractivity contribution in [2.24, 2.45) is 0 Å². The Hall–Kier alpha value is -0.860. The van der Waals surface area contributed by atoms with Crippen LogP contribution in [0.25, 0.3) is 0 Å². The minimum absolute atomic E-state index is 0.285. The van der Waals surface area contributed by atoms with Crippen LogP contribution < -0.4 is 5.32 Å². The second kappa shape index (κ2) is 4.19. The molecule has 3 rings (SSSR count). The summed E-state index contributed by atoms with van der Waals surface area (Å²) >= 11 is 0. The molecule has 0 spiro atoms. The van der Waals surface area contributed by atoms with Gasteiger partial charge in [-0.15, -0.1) is 0 Å². The lowest BCUT2D eigenvalue weighted by Gasteiger charge is -2.32. The normalized spacial score (nSPS) is 29.1. The number of hydrogen-bond donors (Lipinski definition) is 1. The summed E-state index contributed by atoms with van der Waals surface area (Å²) in [7, 11) is 0. The molecule has 0 radical (unpaired) electrons. The van der Waals surface area contributed by atoms with E-state index in [2.05, 4.69) is 30.4 Å². The van der Waals surface area contributed by atoms with Crippen LogP contribution >= 0.6 is 0 Å². The highest BCUT2D eigenvalue weighted by Gasteiger charge is 2.31. The van der Waals surface area contributed by atoms with Gasteiger partial charge in [0, 0.05) is 6.04 Å². The molecule has 0 aliphatic carbocycles. The van der Waals surface area contributed by atoms with E-state index in [0.717, 1.165) is 19.6 Å². The molecule has 16 heavy (non-hydrogen) atoms. The van der Waals surface area contributed by atoms with Gasteiger partial charge in [0.1, 0.15) is 0 Å². The number of ether oxygens (including phenoxy) is 1. The predicted octanol–water partition coefficient (Wildman–Crippen LogP) is 2.36. The predicted molar refractivity (Wildman–Crippen MR) is 64.6 cm³/mol. The van der Waals surface area contributed by atoms with Gasteiger partial charge >= 0.3 is 0 Å². The second-order valence-electron chi connectivity index (χ2n) is 4.89. The summed E-state index contributed by atoms with van der Waals surface area (Å²) in [5, 5.41) is 3.57. The van der Waals surface area contributed by atoms with Crippen molar-refractivity contribution in [1.82, 2.24) is 5.32 Å². The maximum absolute atomic E-state index is 6.01. The van der Waals surface area contributed by atoms with Crippen LogP contribution in [0.4, 0.5) is 0 Å². The third kappa shape index (κ3) is 1.66. The SMILES string of the molecule is Cc1cccc2c1[C@@H]([C@H]1CCCN1)OCC2. The molecule has 2 aliphatic heterocycles. The first-order valence-corrected chi connectivity index (χ1v) is 6.29. The molecule has 0 unspecified atom stereocenters. The molecule has 2 nitrogen and oxygen atoms in total. The molecule has 2 heteroatoms. The zero-order chi connectivity index (χ0) is 11.0. The minimum atomic E-state index is 0.285. The van der Waals surface area contributed by atoms with Gasteiger partial charge in [0.05, 0.1) is 12.7 Å². The van der Waals surface area contributed by atoms with E-state index in [1.54, 1.807) is 0 Å². The van der Waals surface area contributed by atoms with Gasteiger partial charge in [0.15, 0.2) is 0 Å². The molecule has 0 bridgehead atoms. The smallest absolute Gasteiger partial charge is 0.0983 e. The molecular formula is C14H19NO. The number of fused-ring (bicyclic) bond motifs is 1. The van der Waals surface area contributed by atoms with Crippen LogP contribution in [0, 0.1) is 6.92 Å². The summed E-state index contributed by atoms with van der Waals surface area (Å²) in [5.74, 6) is 0. The van der Waals surface area contributed by atoms with Crippen LogP contribution in [-0.2, 0) is 11.2 Å². The molecular weight excluding hydrogens is 198 g/mol. The van der Waals surface area contributed by atoms with Crippen molar-refractivity contribution >= 4 is 0 Å². The molecule has 2 atom stereocenters. The van der Waals surface area contributed by atoms with Crippen molar-refractivity contribution in [3.63, 3.8) is 0 Å². The van der Waals surface area contributed by atoms with Crippen molar-refractivity contribution in [3.05, 3.63) is 34.9 Å². The van der Waals surface area contributed by atoms with Crippen LogP contribution in [0.5, 0.6) is 0 Å². The molecule has 0 aromatic heterocycles. The van der Waals surface area contributed by atoms with Gasteiger partial charge in [0.2, 0.25) is 0 Å². The molecule has 2 aliphatic rings. The monoisotopic (exact) mass is 217 g/mol.